The molecule has 0 saturated heterocycles. The SMILES string of the molecule is CC(C)(O)OCCCCOP1OCC2=C(CCC=C2)CO1. The van der Waals surface area contributed by atoms with Crippen LogP contribution in [0.1, 0.15) is 39.5 Å². The third-order valence-electron chi connectivity index (χ3n) is 3.25. The fraction of sp³-hybridized carbons (Fsp3) is 0.733. The lowest BCUT2D eigenvalue weighted by Crippen LogP contribution is -2.23. The fourth-order valence-corrected chi connectivity index (χ4v) is 3.11. The Balaban J connectivity index is 1.57. The molecule has 1 aliphatic carbocycles. The van der Waals surface area contributed by atoms with Crippen molar-refractivity contribution in [2.45, 2.75) is 45.3 Å². The Hall–Kier alpha value is -0.290. The molecule has 120 valence electrons. The third-order valence-corrected chi connectivity index (χ3v) is 4.32. The second kappa shape index (κ2) is 8.37. The summed E-state index contributed by atoms with van der Waals surface area (Å²) in [5, 5.41) is 9.41. The predicted molar refractivity (Wildman–Crippen MR) is 81.7 cm³/mol. The second-order valence-corrected chi connectivity index (χ2v) is 6.90. The summed E-state index contributed by atoms with van der Waals surface area (Å²) in [6.07, 6.45) is 8.16. The van der Waals surface area contributed by atoms with E-state index in [0.29, 0.717) is 26.4 Å². The minimum atomic E-state index is -1.24. The third kappa shape index (κ3) is 6.55. The van der Waals surface area contributed by atoms with Crippen LogP contribution in [0.4, 0.5) is 0 Å². The van der Waals surface area contributed by atoms with Gasteiger partial charge in [0.15, 0.2) is 5.79 Å². The topological polar surface area (TPSA) is 57.2 Å². The lowest BCUT2D eigenvalue weighted by atomic mass is 9.99. The van der Waals surface area contributed by atoms with Gasteiger partial charge in [0.1, 0.15) is 0 Å². The molecule has 1 heterocycles. The number of aliphatic hydroxyl groups is 1. The highest BCUT2D eigenvalue weighted by atomic mass is 31.2. The van der Waals surface area contributed by atoms with Gasteiger partial charge in [0.05, 0.1) is 26.4 Å². The molecular formula is C15H25O5P. The molecule has 0 fully saturated rings. The maximum absolute atomic E-state index is 9.41. The Morgan fingerprint density at radius 1 is 1.24 bits per heavy atom. The normalized spacial score (nSPS) is 23.1. The zero-order chi connectivity index (χ0) is 15.1. The van der Waals surface area contributed by atoms with Gasteiger partial charge in [0.2, 0.25) is 0 Å². The fourth-order valence-electron chi connectivity index (χ4n) is 2.11. The van der Waals surface area contributed by atoms with Gasteiger partial charge < -0.3 is 23.4 Å². The summed E-state index contributed by atoms with van der Waals surface area (Å²) in [4.78, 5) is 0. The Kier molecular flexibility index (Phi) is 6.80. The van der Waals surface area contributed by atoms with Crippen molar-refractivity contribution in [2.75, 3.05) is 26.4 Å². The maximum atomic E-state index is 9.41. The largest absolute Gasteiger partial charge is 0.366 e. The predicted octanol–water partition coefficient (Wildman–Crippen LogP) is 3.45. The van der Waals surface area contributed by atoms with Crippen LogP contribution in [0.2, 0.25) is 0 Å². The standard InChI is InChI=1S/C15H25O5P/c1-15(2,16)17-9-5-6-10-18-21-19-11-13-7-3-4-8-14(13)12-20-21/h3,7,16H,4-6,8-12H2,1-2H3. The van der Waals surface area contributed by atoms with E-state index in [0.717, 1.165) is 25.7 Å². The van der Waals surface area contributed by atoms with E-state index in [4.69, 9.17) is 18.3 Å². The van der Waals surface area contributed by atoms with Crippen molar-refractivity contribution in [3.8, 4) is 0 Å². The molecule has 1 aliphatic heterocycles. The minimum Gasteiger partial charge on any atom is -0.366 e. The quantitative estimate of drug-likeness (QED) is 0.443. The Labute approximate surface area is 127 Å². The van der Waals surface area contributed by atoms with E-state index in [-0.39, 0.29) is 0 Å². The molecule has 0 aromatic rings. The first kappa shape index (κ1) is 17.1. The van der Waals surface area contributed by atoms with E-state index in [1.807, 2.05) is 0 Å². The molecule has 1 unspecified atom stereocenters. The average molecular weight is 316 g/mol. The summed E-state index contributed by atoms with van der Waals surface area (Å²) in [6, 6.07) is 0. The van der Waals surface area contributed by atoms with Gasteiger partial charge in [0.25, 0.3) is 0 Å². The average Bonchev–Trinajstić information content (AvgIpc) is 2.64. The van der Waals surface area contributed by atoms with Crippen LogP contribution in [0.15, 0.2) is 23.3 Å². The molecule has 0 saturated carbocycles. The lowest BCUT2D eigenvalue weighted by molar-refractivity contribution is -0.176. The van der Waals surface area contributed by atoms with Crippen molar-refractivity contribution >= 4 is 8.60 Å². The molecule has 0 aromatic heterocycles. The molecule has 2 aliphatic rings. The monoisotopic (exact) mass is 316 g/mol. The molecular weight excluding hydrogens is 291 g/mol. The molecule has 0 spiro atoms. The van der Waals surface area contributed by atoms with Crippen molar-refractivity contribution in [1.82, 2.24) is 0 Å². The van der Waals surface area contributed by atoms with Crippen molar-refractivity contribution < 1.29 is 23.4 Å². The summed E-state index contributed by atoms with van der Waals surface area (Å²) in [5.41, 5.74) is 2.58. The number of hydrogen-bond acceptors (Lipinski definition) is 5. The first-order valence-electron chi connectivity index (χ1n) is 7.47. The van der Waals surface area contributed by atoms with Gasteiger partial charge in [-0.25, -0.2) is 0 Å². The van der Waals surface area contributed by atoms with Gasteiger partial charge >= 0.3 is 8.60 Å². The number of unbranched alkanes of at least 4 members (excludes halogenated alkanes) is 1. The van der Waals surface area contributed by atoms with E-state index in [1.54, 1.807) is 13.8 Å². The van der Waals surface area contributed by atoms with Crippen LogP contribution in [0.25, 0.3) is 0 Å². The van der Waals surface area contributed by atoms with Crippen LogP contribution in [0, 0.1) is 0 Å². The van der Waals surface area contributed by atoms with Crippen LogP contribution >= 0.6 is 8.60 Å². The highest BCUT2D eigenvalue weighted by Gasteiger charge is 2.21. The summed E-state index contributed by atoms with van der Waals surface area (Å²) in [6.45, 7) is 5.56. The number of allylic oxidation sites excluding steroid dienone is 1. The first-order chi connectivity index (χ1) is 10.0. The molecule has 0 bridgehead atoms. The Bertz CT molecular complexity index is 386. The number of hydrogen-bond donors (Lipinski definition) is 1. The van der Waals surface area contributed by atoms with Crippen molar-refractivity contribution in [2.24, 2.45) is 0 Å². The van der Waals surface area contributed by atoms with Gasteiger partial charge in [-0.3, -0.25) is 0 Å². The molecule has 1 atom stereocenters. The lowest BCUT2D eigenvalue weighted by Gasteiger charge is -2.18. The summed E-state index contributed by atoms with van der Waals surface area (Å²) in [7, 11) is -1.24. The Morgan fingerprint density at radius 3 is 2.81 bits per heavy atom. The molecule has 0 aromatic carbocycles. The van der Waals surface area contributed by atoms with E-state index in [1.165, 1.54) is 11.1 Å². The van der Waals surface area contributed by atoms with Crippen LogP contribution < -0.4 is 0 Å². The zero-order valence-corrected chi connectivity index (χ0v) is 13.7. The molecule has 2 rings (SSSR count). The van der Waals surface area contributed by atoms with E-state index >= 15 is 0 Å². The number of ether oxygens (including phenoxy) is 1. The van der Waals surface area contributed by atoms with E-state index in [9.17, 15) is 5.11 Å². The van der Waals surface area contributed by atoms with Gasteiger partial charge in [-0.2, -0.15) is 0 Å². The van der Waals surface area contributed by atoms with Crippen molar-refractivity contribution in [3.63, 3.8) is 0 Å². The van der Waals surface area contributed by atoms with Gasteiger partial charge in [0, 0.05) is 0 Å². The molecule has 5 nitrogen and oxygen atoms in total. The second-order valence-electron chi connectivity index (χ2n) is 5.68. The summed E-state index contributed by atoms with van der Waals surface area (Å²) in [5.74, 6) is -1.06. The molecule has 6 heteroatoms. The first-order valence-corrected chi connectivity index (χ1v) is 8.57. The van der Waals surface area contributed by atoms with Crippen LogP contribution in [0.3, 0.4) is 0 Å². The molecule has 0 radical (unpaired) electrons. The minimum absolute atomic E-state index is 0.521. The molecule has 21 heavy (non-hydrogen) atoms. The number of rotatable bonds is 7. The van der Waals surface area contributed by atoms with E-state index < -0.39 is 14.4 Å². The van der Waals surface area contributed by atoms with Gasteiger partial charge in [-0.05, 0) is 50.7 Å². The zero-order valence-electron chi connectivity index (χ0n) is 12.8. The smallest absolute Gasteiger partial charge is 0.333 e. The summed E-state index contributed by atoms with van der Waals surface area (Å²) >= 11 is 0. The van der Waals surface area contributed by atoms with Gasteiger partial charge in [-0.1, -0.05) is 12.2 Å². The maximum Gasteiger partial charge on any atom is 0.333 e. The Morgan fingerprint density at radius 2 is 2.00 bits per heavy atom. The van der Waals surface area contributed by atoms with Crippen LogP contribution in [0.5, 0.6) is 0 Å². The molecule has 0 amide bonds. The molecule has 1 N–H and O–H groups in total. The van der Waals surface area contributed by atoms with E-state index in [2.05, 4.69) is 12.2 Å². The van der Waals surface area contributed by atoms with Crippen LogP contribution in [-0.4, -0.2) is 37.3 Å². The summed E-state index contributed by atoms with van der Waals surface area (Å²) < 4.78 is 22.3. The van der Waals surface area contributed by atoms with Gasteiger partial charge in [-0.15, -0.1) is 0 Å². The highest BCUT2D eigenvalue weighted by molar-refractivity contribution is 7.41. The van der Waals surface area contributed by atoms with Crippen LogP contribution in [-0.2, 0) is 18.3 Å². The van der Waals surface area contributed by atoms with Crippen molar-refractivity contribution in [1.29, 1.82) is 0 Å². The van der Waals surface area contributed by atoms with Crippen molar-refractivity contribution in [3.05, 3.63) is 23.3 Å². The highest BCUT2D eigenvalue weighted by Crippen LogP contribution is 2.44.